The molecule has 2 aromatic heterocycles. The highest BCUT2D eigenvalue weighted by atomic mass is 16.5. The van der Waals surface area contributed by atoms with Crippen molar-refractivity contribution in [1.82, 2.24) is 19.5 Å². The average Bonchev–Trinajstić information content (AvgIpc) is 3.08. The number of benzene rings is 2. The van der Waals surface area contributed by atoms with Gasteiger partial charge in [0.2, 0.25) is 5.95 Å². The molecule has 4 aromatic rings. The number of imidazole rings is 1. The van der Waals surface area contributed by atoms with Crippen LogP contribution in [0, 0.1) is 29.6 Å². The van der Waals surface area contributed by atoms with E-state index in [1.54, 1.807) is 19.2 Å². The Bertz CT molecular complexity index is 1310. The van der Waals surface area contributed by atoms with Crippen LogP contribution in [0.3, 0.4) is 0 Å². The van der Waals surface area contributed by atoms with Crippen LogP contribution in [-0.4, -0.2) is 26.6 Å². The van der Waals surface area contributed by atoms with Crippen molar-refractivity contribution < 1.29 is 4.74 Å². The van der Waals surface area contributed by atoms with Crippen LogP contribution >= 0.6 is 0 Å². The van der Waals surface area contributed by atoms with Crippen molar-refractivity contribution in [2.45, 2.75) is 13.5 Å². The second kappa shape index (κ2) is 7.53. The highest BCUT2D eigenvalue weighted by molar-refractivity contribution is 5.89. The van der Waals surface area contributed by atoms with Gasteiger partial charge in [-0.1, -0.05) is 12.1 Å². The van der Waals surface area contributed by atoms with Gasteiger partial charge in [0.1, 0.15) is 22.8 Å². The van der Waals surface area contributed by atoms with Crippen molar-refractivity contribution in [1.29, 1.82) is 10.5 Å². The van der Waals surface area contributed by atoms with Crippen molar-refractivity contribution in [3.63, 3.8) is 0 Å². The molecule has 0 spiro atoms. The molecule has 0 fully saturated rings. The van der Waals surface area contributed by atoms with Gasteiger partial charge in [-0.15, -0.1) is 0 Å². The lowest BCUT2D eigenvalue weighted by atomic mass is 10.0. The predicted molar refractivity (Wildman–Crippen MR) is 111 cm³/mol. The van der Waals surface area contributed by atoms with E-state index in [0.29, 0.717) is 40.1 Å². The predicted octanol–water partition coefficient (Wildman–Crippen LogP) is 3.18. The topological polar surface area (TPSA) is 126 Å². The number of anilines is 1. The van der Waals surface area contributed by atoms with Crippen molar-refractivity contribution in [2.75, 3.05) is 12.8 Å². The molecular weight excluding hydrogens is 378 g/mol. The van der Waals surface area contributed by atoms with Gasteiger partial charge in [0.15, 0.2) is 5.65 Å². The maximum atomic E-state index is 9.30. The molecule has 0 saturated heterocycles. The van der Waals surface area contributed by atoms with E-state index in [2.05, 4.69) is 27.1 Å². The summed E-state index contributed by atoms with van der Waals surface area (Å²) in [6.45, 7) is 2.43. The number of ether oxygens (including phenoxy) is 1. The fourth-order valence-electron chi connectivity index (χ4n) is 3.32. The summed E-state index contributed by atoms with van der Waals surface area (Å²) in [6, 6.07) is 16.8. The van der Waals surface area contributed by atoms with E-state index in [4.69, 9.17) is 10.5 Å². The Morgan fingerprint density at radius 1 is 1.00 bits per heavy atom. The first-order valence-corrected chi connectivity index (χ1v) is 9.11. The molecule has 0 atom stereocenters. The molecule has 0 amide bonds. The van der Waals surface area contributed by atoms with Crippen molar-refractivity contribution in [2.24, 2.45) is 0 Å². The molecule has 0 aliphatic heterocycles. The Kier molecular flexibility index (Phi) is 4.75. The molecule has 2 aromatic carbocycles. The zero-order valence-electron chi connectivity index (χ0n) is 16.4. The molecular formula is C22H17N7O. The molecule has 0 aliphatic carbocycles. The van der Waals surface area contributed by atoms with Gasteiger partial charge < -0.3 is 15.0 Å². The van der Waals surface area contributed by atoms with Crippen LogP contribution < -0.4 is 10.5 Å². The molecule has 2 heterocycles. The van der Waals surface area contributed by atoms with Crippen molar-refractivity contribution in [3.8, 4) is 29.1 Å². The molecule has 0 aliphatic rings. The summed E-state index contributed by atoms with van der Waals surface area (Å²) in [5.41, 5.74) is 10.0. The van der Waals surface area contributed by atoms with E-state index in [0.717, 1.165) is 17.1 Å². The van der Waals surface area contributed by atoms with Gasteiger partial charge in [0.05, 0.1) is 36.9 Å². The number of aromatic nitrogens is 4. The third-order valence-corrected chi connectivity index (χ3v) is 4.77. The normalized spacial score (nSPS) is 10.5. The molecule has 0 saturated carbocycles. The SMILES string of the molecule is COc1ccc(Cn2c(C)nc3c(-c4cc(C#N)cc(C#N)c4)nc(N)nc32)cc1. The van der Waals surface area contributed by atoms with Crippen molar-refractivity contribution in [3.05, 3.63) is 65.0 Å². The highest BCUT2D eigenvalue weighted by Crippen LogP contribution is 2.29. The van der Waals surface area contributed by atoms with Gasteiger partial charge in [-0.05, 0) is 42.8 Å². The summed E-state index contributed by atoms with van der Waals surface area (Å²) in [7, 11) is 1.63. The lowest BCUT2D eigenvalue weighted by Crippen LogP contribution is -2.05. The van der Waals surface area contributed by atoms with E-state index < -0.39 is 0 Å². The second-order valence-electron chi connectivity index (χ2n) is 6.72. The number of rotatable bonds is 4. The molecule has 2 N–H and O–H groups in total. The third-order valence-electron chi connectivity index (χ3n) is 4.77. The number of hydrogen-bond acceptors (Lipinski definition) is 7. The minimum Gasteiger partial charge on any atom is -0.497 e. The van der Waals surface area contributed by atoms with E-state index in [9.17, 15) is 10.5 Å². The lowest BCUT2D eigenvalue weighted by molar-refractivity contribution is 0.414. The maximum Gasteiger partial charge on any atom is 0.222 e. The van der Waals surface area contributed by atoms with Crippen LogP contribution in [0.25, 0.3) is 22.4 Å². The van der Waals surface area contributed by atoms with Crippen molar-refractivity contribution >= 4 is 17.1 Å². The van der Waals surface area contributed by atoms with Crippen LogP contribution in [0.2, 0.25) is 0 Å². The lowest BCUT2D eigenvalue weighted by Gasteiger charge is -2.09. The molecule has 8 nitrogen and oxygen atoms in total. The number of nitriles is 2. The van der Waals surface area contributed by atoms with Gasteiger partial charge >= 0.3 is 0 Å². The Labute approximate surface area is 172 Å². The summed E-state index contributed by atoms with van der Waals surface area (Å²) in [6.07, 6.45) is 0. The van der Waals surface area contributed by atoms with Crippen LogP contribution in [0.15, 0.2) is 42.5 Å². The molecule has 146 valence electrons. The monoisotopic (exact) mass is 395 g/mol. The number of fused-ring (bicyclic) bond motifs is 1. The summed E-state index contributed by atoms with van der Waals surface area (Å²) in [5, 5.41) is 18.6. The third kappa shape index (κ3) is 3.38. The fraction of sp³-hybridized carbons (Fsp3) is 0.136. The number of nitrogens with two attached hydrogens (primary N) is 1. The summed E-state index contributed by atoms with van der Waals surface area (Å²) in [5.74, 6) is 1.62. The Hall–Kier alpha value is -4.43. The highest BCUT2D eigenvalue weighted by Gasteiger charge is 2.18. The summed E-state index contributed by atoms with van der Waals surface area (Å²) >= 11 is 0. The number of nitrogen functional groups attached to an aromatic ring is 1. The van der Waals surface area contributed by atoms with Gasteiger partial charge in [-0.2, -0.15) is 15.5 Å². The molecule has 4 rings (SSSR count). The van der Waals surface area contributed by atoms with E-state index in [1.807, 2.05) is 35.8 Å². The molecule has 8 heteroatoms. The van der Waals surface area contributed by atoms with Crippen LogP contribution in [0.5, 0.6) is 5.75 Å². The summed E-state index contributed by atoms with van der Waals surface area (Å²) < 4.78 is 7.17. The second-order valence-corrected chi connectivity index (χ2v) is 6.72. The largest absolute Gasteiger partial charge is 0.497 e. The zero-order valence-corrected chi connectivity index (χ0v) is 16.4. The van der Waals surface area contributed by atoms with E-state index in [-0.39, 0.29) is 5.95 Å². The van der Waals surface area contributed by atoms with Crippen LogP contribution in [-0.2, 0) is 6.54 Å². The molecule has 0 radical (unpaired) electrons. The number of aryl methyl sites for hydroxylation is 1. The minimum absolute atomic E-state index is 0.0919. The van der Waals surface area contributed by atoms with Crippen LogP contribution in [0.1, 0.15) is 22.5 Å². The molecule has 30 heavy (non-hydrogen) atoms. The van der Waals surface area contributed by atoms with Gasteiger partial charge in [0.25, 0.3) is 0 Å². The van der Waals surface area contributed by atoms with E-state index in [1.165, 1.54) is 6.07 Å². The first-order valence-electron chi connectivity index (χ1n) is 9.11. The Morgan fingerprint density at radius 2 is 1.67 bits per heavy atom. The first kappa shape index (κ1) is 18.9. The van der Waals surface area contributed by atoms with Gasteiger partial charge in [0, 0.05) is 5.56 Å². The zero-order chi connectivity index (χ0) is 21.3. The first-order chi connectivity index (χ1) is 14.5. The Balaban J connectivity index is 1.87. The number of hydrogen-bond donors (Lipinski definition) is 1. The fourth-order valence-corrected chi connectivity index (χ4v) is 3.32. The molecule has 0 unspecified atom stereocenters. The maximum absolute atomic E-state index is 9.30. The summed E-state index contributed by atoms with van der Waals surface area (Å²) in [4.78, 5) is 13.4. The smallest absolute Gasteiger partial charge is 0.222 e. The number of nitrogens with zero attached hydrogens (tertiary/aromatic N) is 6. The number of methoxy groups -OCH3 is 1. The quantitative estimate of drug-likeness (QED) is 0.562. The van der Waals surface area contributed by atoms with Gasteiger partial charge in [-0.25, -0.2) is 9.97 Å². The standard InChI is InChI=1S/C22H17N7O/c1-13-26-20-19(17-8-15(10-23)7-16(9-17)11-24)27-22(25)28-21(20)29(13)12-14-3-5-18(30-2)6-4-14/h3-9H,12H2,1-2H3,(H2,25,27,28). The average molecular weight is 395 g/mol. The van der Waals surface area contributed by atoms with Crippen LogP contribution in [0.4, 0.5) is 5.95 Å². The van der Waals surface area contributed by atoms with E-state index >= 15 is 0 Å². The molecule has 0 bridgehead atoms. The Morgan fingerprint density at radius 3 is 2.27 bits per heavy atom. The minimum atomic E-state index is 0.0919. The van der Waals surface area contributed by atoms with Gasteiger partial charge in [-0.3, -0.25) is 0 Å².